The quantitative estimate of drug-likeness (QED) is 0.865. The van der Waals surface area contributed by atoms with E-state index in [-0.39, 0.29) is 5.78 Å². The van der Waals surface area contributed by atoms with Gasteiger partial charge in [0.15, 0.2) is 5.78 Å². The Labute approximate surface area is 130 Å². The van der Waals surface area contributed by atoms with Crippen LogP contribution in [-0.2, 0) is 0 Å². The number of benzene rings is 2. The lowest BCUT2D eigenvalue weighted by molar-refractivity contribution is 0.0589. The van der Waals surface area contributed by atoms with Crippen LogP contribution in [0.2, 0.25) is 0 Å². The molecule has 1 N–H and O–H groups in total. The third kappa shape index (κ3) is 3.11. The van der Waals surface area contributed by atoms with E-state index >= 15 is 0 Å². The van der Waals surface area contributed by atoms with Gasteiger partial charge in [-0.1, -0.05) is 36.4 Å². The second kappa shape index (κ2) is 5.79. The Bertz CT molecular complexity index is 716. The molecule has 2 rings (SSSR count). The second-order valence-electron chi connectivity index (χ2n) is 6.43. The van der Waals surface area contributed by atoms with Crippen molar-refractivity contribution < 1.29 is 14.7 Å². The number of Topliss-reactive ketones (excluding diaryl/α,β-unsaturated/α-hetero) is 1. The molecule has 0 aliphatic heterocycles. The smallest absolute Gasteiger partial charge is 0.408 e. The fraction of sp³-hybridized carbons (Fsp3) is 0.333. The van der Waals surface area contributed by atoms with Gasteiger partial charge in [0.2, 0.25) is 0 Å². The van der Waals surface area contributed by atoms with Gasteiger partial charge in [0.25, 0.3) is 0 Å². The van der Waals surface area contributed by atoms with E-state index in [0.717, 1.165) is 10.8 Å². The third-order valence-electron chi connectivity index (χ3n) is 3.73. The highest BCUT2D eigenvalue weighted by atomic mass is 16.4. The van der Waals surface area contributed by atoms with Crippen molar-refractivity contribution in [3.63, 3.8) is 0 Å². The van der Waals surface area contributed by atoms with E-state index < -0.39 is 17.7 Å². The molecule has 1 atom stereocenters. The second-order valence-corrected chi connectivity index (χ2v) is 6.43. The number of fused-ring (bicyclic) bond motifs is 1. The minimum absolute atomic E-state index is 0.192. The molecular weight excluding hydrogens is 278 g/mol. The molecule has 0 saturated carbocycles. The van der Waals surface area contributed by atoms with E-state index in [1.807, 2.05) is 36.4 Å². The highest BCUT2D eigenvalue weighted by Crippen LogP contribution is 2.22. The SMILES string of the molecule is C[C@@H](C(=O)c1ccc2ccccc2c1)N(C(=O)O)C(C)(C)C. The van der Waals surface area contributed by atoms with Gasteiger partial charge in [0, 0.05) is 11.1 Å². The van der Waals surface area contributed by atoms with Crippen molar-refractivity contribution in [1.29, 1.82) is 0 Å². The third-order valence-corrected chi connectivity index (χ3v) is 3.73. The van der Waals surface area contributed by atoms with Gasteiger partial charge in [0.1, 0.15) is 0 Å². The molecule has 0 unspecified atom stereocenters. The lowest BCUT2D eigenvalue weighted by Crippen LogP contribution is -2.52. The molecule has 4 nitrogen and oxygen atoms in total. The molecule has 0 saturated heterocycles. The van der Waals surface area contributed by atoms with Crippen LogP contribution in [-0.4, -0.2) is 33.5 Å². The van der Waals surface area contributed by atoms with Crippen LogP contribution >= 0.6 is 0 Å². The standard InChI is InChI=1S/C18H21NO3/c1-12(19(17(21)22)18(2,3)4)16(20)15-10-9-13-7-5-6-8-14(13)11-15/h5-12H,1-4H3,(H,21,22)/t12-/m0/s1. The van der Waals surface area contributed by atoms with Crippen LogP contribution in [0.4, 0.5) is 4.79 Å². The van der Waals surface area contributed by atoms with Crippen LogP contribution in [0.3, 0.4) is 0 Å². The highest BCUT2D eigenvalue weighted by Gasteiger charge is 2.34. The zero-order valence-electron chi connectivity index (χ0n) is 13.3. The molecule has 116 valence electrons. The van der Waals surface area contributed by atoms with E-state index in [0.29, 0.717) is 5.56 Å². The van der Waals surface area contributed by atoms with E-state index in [2.05, 4.69) is 0 Å². The van der Waals surface area contributed by atoms with Crippen LogP contribution in [0.25, 0.3) is 10.8 Å². The first-order valence-corrected chi connectivity index (χ1v) is 7.27. The maximum absolute atomic E-state index is 12.7. The molecule has 0 fully saturated rings. The van der Waals surface area contributed by atoms with Gasteiger partial charge < -0.3 is 5.11 Å². The number of carbonyl (C=O) groups is 2. The van der Waals surface area contributed by atoms with E-state index in [1.54, 1.807) is 33.8 Å². The summed E-state index contributed by atoms with van der Waals surface area (Å²) in [6, 6.07) is 12.5. The largest absolute Gasteiger partial charge is 0.465 e. The molecule has 0 spiro atoms. The molecule has 0 heterocycles. The normalized spacial score (nSPS) is 12.9. The molecular formula is C18H21NO3. The highest BCUT2D eigenvalue weighted by molar-refractivity contribution is 6.03. The number of amides is 1. The molecule has 2 aromatic carbocycles. The average Bonchev–Trinajstić information content (AvgIpc) is 2.44. The van der Waals surface area contributed by atoms with Crippen molar-refractivity contribution in [1.82, 2.24) is 4.90 Å². The van der Waals surface area contributed by atoms with Gasteiger partial charge in [-0.05, 0) is 44.5 Å². The van der Waals surface area contributed by atoms with E-state index in [9.17, 15) is 14.7 Å². The fourth-order valence-corrected chi connectivity index (χ4v) is 2.73. The predicted molar refractivity (Wildman–Crippen MR) is 87.4 cm³/mol. The Morgan fingerprint density at radius 2 is 1.64 bits per heavy atom. The Balaban J connectivity index is 2.37. The van der Waals surface area contributed by atoms with Gasteiger partial charge in [-0.25, -0.2) is 4.79 Å². The number of nitrogens with zero attached hydrogens (tertiary/aromatic N) is 1. The number of rotatable bonds is 3. The molecule has 0 bridgehead atoms. The van der Waals surface area contributed by atoms with Gasteiger partial charge in [-0.15, -0.1) is 0 Å². The molecule has 0 aliphatic rings. The van der Waals surface area contributed by atoms with Crippen molar-refractivity contribution in [2.24, 2.45) is 0 Å². The molecule has 0 radical (unpaired) electrons. The van der Waals surface area contributed by atoms with Crippen molar-refractivity contribution >= 4 is 22.6 Å². The summed E-state index contributed by atoms with van der Waals surface area (Å²) in [6.45, 7) is 6.98. The molecule has 0 aliphatic carbocycles. The number of carbonyl (C=O) groups excluding carboxylic acids is 1. The van der Waals surface area contributed by atoms with Gasteiger partial charge >= 0.3 is 6.09 Å². The van der Waals surface area contributed by atoms with Gasteiger partial charge in [0.05, 0.1) is 6.04 Å². The summed E-state index contributed by atoms with van der Waals surface area (Å²) in [7, 11) is 0. The van der Waals surface area contributed by atoms with Crippen molar-refractivity contribution in [3.8, 4) is 0 Å². The average molecular weight is 299 g/mol. The minimum Gasteiger partial charge on any atom is -0.465 e. The summed E-state index contributed by atoms with van der Waals surface area (Å²) in [5.74, 6) is -0.192. The topological polar surface area (TPSA) is 57.6 Å². The minimum atomic E-state index is -1.09. The summed E-state index contributed by atoms with van der Waals surface area (Å²) in [4.78, 5) is 25.4. The van der Waals surface area contributed by atoms with Gasteiger partial charge in [-0.2, -0.15) is 0 Å². The Morgan fingerprint density at radius 3 is 2.18 bits per heavy atom. The summed E-state index contributed by atoms with van der Waals surface area (Å²) in [5, 5.41) is 11.4. The zero-order valence-corrected chi connectivity index (χ0v) is 13.3. The molecule has 2 aromatic rings. The van der Waals surface area contributed by atoms with Crippen LogP contribution in [0.5, 0.6) is 0 Å². The monoisotopic (exact) mass is 299 g/mol. The Morgan fingerprint density at radius 1 is 1.05 bits per heavy atom. The maximum Gasteiger partial charge on any atom is 0.408 e. The van der Waals surface area contributed by atoms with Crippen molar-refractivity contribution in [3.05, 3.63) is 48.0 Å². The first-order chi connectivity index (χ1) is 10.2. The summed E-state index contributed by atoms with van der Waals surface area (Å²) >= 11 is 0. The summed E-state index contributed by atoms with van der Waals surface area (Å²) in [6.07, 6.45) is -1.09. The fourth-order valence-electron chi connectivity index (χ4n) is 2.73. The van der Waals surface area contributed by atoms with Crippen LogP contribution < -0.4 is 0 Å². The van der Waals surface area contributed by atoms with E-state index in [4.69, 9.17) is 0 Å². The summed E-state index contributed by atoms with van der Waals surface area (Å²) in [5.41, 5.74) is -0.112. The lowest BCUT2D eigenvalue weighted by atomic mass is 9.97. The predicted octanol–water partition coefficient (Wildman–Crippen LogP) is 4.19. The first kappa shape index (κ1) is 16.0. The van der Waals surface area contributed by atoms with Crippen LogP contribution in [0, 0.1) is 0 Å². The number of ketones is 1. The summed E-state index contributed by atoms with van der Waals surface area (Å²) < 4.78 is 0. The number of carboxylic acid groups (broad SMARTS) is 1. The number of hydrogen-bond acceptors (Lipinski definition) is 2. The molecule has 4 heteroatoms. The number of hydrogen-bond donors (Lipinski definition) is 1. The van der Waals surface area contributed by atoms with Crippen molar-refractivity contribution in [2.45, 2.75) is 39.3 Å². The van der Waals surface area contributed by atoms with Crippen LogP contribution in [0.15, 0.2) is 42.5 Å². The van der Waals surface area contributed by atoms with Crippen LogP contribution in [0.1, 0.15) is 38.1 Å². The maximum atomic E-state index is 12.7. The molecule has 0 aromatic heterocycles. The van der Waals surface area contributed by atoms with Gasteiger partial charge in [-0.3, -0.25) is 9.69 Å². The van der Waals surface area contributed by atoms with E-state index in [1.165, 1.54) is 4.90 Å². The Kier molecular flexibility index (Phi) is 4.22. The first-order valence-electron chi connectivity index (χ1n) is 7.27. The molecule has 1 amide bonds. The lowest BCUT2D eigenvalue weighted by Gasteiger charge is -2.37. The van der Waals surface area contributed by atoms with Crippen molar-refractivity contribution in [2.75, 3.05) is 0 Å². The molecule has 22 heavy (non-hydrogen) atoms. The Hall–Kier alpha value is -2.36. The zero-order chi connectivity index (χ0) is 16.5.